The Hall–Kier alpha value is -3.50. The maximum atomic E-state index is 13.1. The summed E-state index contributed by atoms with van der Waals surface area (Å²) in [6.07, 6.45) is 0. The largest absolute Gasteiger partial charge is 0.322 e. The quantitative estimate of drug-likeness (QED) is 0.395. The fraction of sp³-hybridized carbons (Fsp3) is 0. The molecule has 0 spiro atoms. The number of carbonyl (C=O) groups excluding carboxylic acids is 1. The van der Waals surface area contributed by atoms with Crippen molar-refractivity contribution in [3.8, 4) is 11.3 Å². The van der Waals surface area contributed by atoms with Crippen LogP contribution in [-0.2, 0) is 0 Å². The van der Waals surface area contributed by atoms with Crippen molar-refractivity contribution in [2.75, 3.05) is 5.32 Å². The van der Waals surface area contributed by atoms with Crippen molar-refractivity contribution in [2.45, 2.75) is 0 Å². The van der Waals surface area contributed by atoms with Crippen LogP contribution in [0.5, 0.6) is 0 Å². The van der Waals surface area contributed by atoms with E-state index in [-0.39, 0.29) is 5.91 Å². The first-order chi connectivity index (χ1) is 13.8. The van der Waals surface area contributed by atoms with Crippen molar-refractivity contribution < 1.29 is 4.79 Å². The van der Waals surface area contributed by atoms with E-state index in [0.717, 1.165) is 33.2 Å². The summed E-state index contributed by atoms with van der Waals surface area (Å²) in [5, 5.41) is 7.08. The van der Waals surface area contributed by atoms with Crippen LogP contribution in [0.15, 0.2) is 90.3 Å². The molecular weight excluding hydrogens is 364 g/mol. The summed E-state index contributed by atoms with van der Waals surface area (Å²) in [7, 11) is 0. The number of anilines is 1. The van der Waals surface area contributed by atoms with Gasteiger partial charge in [0.25, 0.3) is 5.91 Å². The number of benzene rings is 3. The zero-order valence-electron chi connectivity index (χ0n) is 14.9. The van der Waals surface area contributed by atoms with E-state index in [4.69, 9.17) is 4.98 Å². The first-order valence-electron chi connectivity index (χ1n) is 9.02. The zero-order valence-corrected chi connectivity index (χ0v) is 15.7. The van der Waals surface area contributed by atoms with Gasteiger partial charge in [-0.2, -0.15) is 0 Å². The van der Waals surface area contributed by atoms with Crippen LogP contribution in [0, 0.1) is 0 Å². The first kappa shape index (κ1) is 16.7. The summed E-state index contributed by atoms with van der Waals surface area (Å²) in [6, 6.07) is 27.6. The summed E-state index contributed by atoms with van der Waals surface area (Å²) in [5.74, 6) is -0.134. The fourth-order valence-electron chi connectivity index (χ4n) is 3.36. The topological polar surface area (TPSA) is 42.0 Å². The number of hydrogen-bond donors (Lipinski definition) is 1. The second-order valence-corrected chi connectivity index (χ2v) is 7.51. The molecule has 0 fully saturated rings. The molecule has 1 N–H and O–H groups in total. The molecule has 0 aliphatic rings. The van der Waals surface area contributed by atoms with Gasteiger partial charge in [-0.05, 0) is 47.2 Å². The summed E-state index contributed by atoms with van der Waals surface area (Å²) in [5.41, 5.74) is 4.00. The molecule has 1 amide bonds. The van der Waals surface area contributed by atoms with Gasteiger partial charge in [-0.3, -0.25) is 4.79 Å². The summed E-state index contributed by atoms with van der Waals surface area (Å²) >= 11 is 1.69. The van der Waals surface area contributed by atoms with Crippen molar-refractivity contribution >= 4 is 43.9 Å². The van der Waals surface area contributed by atoms with E-state index in [1.165, 1.54) is 4.70 Å². The van der Waals surface area contributed by atoms with Crippen LogP contribution in [0.2, 0.25) is 0 Å². The molecule has 3 nitrogen and oxygen atoms in total. The van der Waals surface area contributed by atoms with Crippen LogP contribution in [0.1, 0.15) is 10.4 Å². The van der Waals surface area contributed by atoms with Crippen LogP contribution < -0.4 is 5.32 Å². The van der Waals surface area contributed by atoms with E-state index >= 15 is 0 Å². The number of hydrogen-bond acceptors (Lipinski definition) is 3. The molecule has 0 saturated heterocycles. The molecule has 5 rings (SSSR count). The molecule has 0 saturated carbocycles. The molecule has 0 unspecified atom stereocenters. The van der Waals surface area contributed by atoms with Crippen molar-refractivity contribution in [1.29, 1.82) is 0 Å². The normalized spacial score (nSPS) is 11.0. The van der Waals surface area contributed by atoms with Crippen molar-refractivity contribution in [1.82, 2.24) is 4.98 Å². The van der Waals surface area contributed by atoms with Crippen molar-refractivity contribution in [3.63, 3.8) is 0 Å². The van der Waals surface area contributed by atoms with Gasteiger partial charge >= 0.3 is 0 Å². The van der Waals surface area contributed by atoms with E-state index in [1.54, 1.807) is 11.3 Å². The molecule has 3 aromatic carbocycles. The lowest BCUT2D eigenvalue weighted by atomic mass is 10.0. The number of fused-ring (bicyclic) bond motifs is 2. The van der Waals surface area contributed by atoms with Gasteiger partial charge in [0.1, 0.15) is 0 Å². The summed E-state index contributed by atoms with van der Waals surface area (Å²) in [4.78, 5) is 17.9. The van der Waals surface area contributed by atoms with Gasteiger partial charge in [-0.15, -0.1) is 11.3 Å². The Balaban J connectivity index is 1.59. The van der Waals surface area contributed by atoms with Crippen LogP contribution >= 0.6 is 11.3 Å². The molecule has 28 heavy (non-hydrogen) atoms. The van der Waals surface area contributed by atoms with Crippen LogP contribution in [0.4, 0.5) is 5.69 Å². The van der Waals surface area contributed by atoms with Crippen LogP contribution in [-0.4, -0.2) is 10.9 Å². The average Bonchev–Trinajstić information content (AvgIpc) is 3.21. The number of nitrogens with one attached hydrogen (secondary N) is 1. The lowest BCUT2D eigenvalue weighted by Crippen LogP contribution is -2.13. The van der Waals surface area contributed by atoms with Gasteiger partial charge in [-0.1, -0.05) is 48.5 Å². The van der Waals surface area contributed by atoms with Gasteiger partial charge in [0.15, 0.2) is 0 Å². The van der Waals surface area contributed by atoms with Gasteiger partial charge in [-0.25, -0.2) is 4.98 Å². The molecule has 2 heterocycles. The highest BCUT2D eigenvalue weighted by molar-refractivity contribution is 7.17. The SMILES string of the molecule is O=C(Nc1ccc2sccc2c1)c1cc(-c2ccccc2)nc2ccccc12. The van der Waals surface area contributed by atoms with Gasteiger partial charge < -0.3 is 5.32 Å². The molecule has 0 aliphatic heterocycles. The average molecular weight is 380 g/mol. The number of aromatic nitrogens is 1. The van der Waals surface area contributed by atoms with E-state index in [1.807, 2.05) is 78.9 Å². The Kier molecular flexibility index (Phi) is 4.11. The Labute approximate surface area is 166 Å². The molecule has 4 heteroatoms. The number of thiophene rings is 1. The third-order valence-electron chi connectivity index (χ3n) is 4.74. The molecule has 0 radical (unpaired) electrons. The number of carbonyl (C=O) groups is 1. The maximum absolute atomic E-state index is 13.1. The minimum atomic E-state index is -0.134. The van der Waals surface area contributed by atoms with E-state index < -0.39 is 0 Å². The highest BCUT2D eigenvalue weighted by atomic mass is 32.1. The number of amides is 1. The maximum Gasteiger partial charge on any atom is 0.256 e. The fourth-order valence-corrected chi connectivity index (χ4v) is 4.13. The Bertz CT molecular complexity index is 1310. The Morgan fingerprint density at radius 2 is 1.68 bits per heavy atom. The number of nitrogens with zero attached hydrogens (tertiary/aromatic N) is 1. The monoisotopic (exact) mass is 380 g/mol. The number of rotatable bonds is 3. The van der Waals surface area contributed by atoms with E-state index in [2.05, 4.69) is 16.8 Å². The Morgan fingerprint density at radius 3 is 2.57 bits per heavy atom. The van der Waals surface area contributed by atoms with Crippen molar-refractivity contribution in [3.05, 3.63) is 95.9 Å². The van der Waals surface area contributed by atoms with E-state index in [0.29, 0.717) is 5.56 Å². The highest BCUT2D eigenvalue weighted by Crippen LogP contribution is 2.27. The predicted octanol–water partition coefficient (Wildman–Crippen LogP) is 6.37. The Morgan fingerprint density at radius 1 is 0.857 bits per heavy atom. The molecular formula is C24H16N2OS. The smallest absolute Gasteiger partial charge is 0.256 e. The summed E-state index contributed by atoms with van der Waals surface area (Å²) in [6.45, 7) is 0. The molecule has 134 valence electrons. The molecule has 0 aliphatic carbocycles. The number of pyridine rings is 1. The minimum absolute atomic E-state index is 0.134. The lowest BCUT2D eigenvalue weighted by Gasteiger charge is -2.11. The molecule has 0 bridgehead atoms. The second kappa shape index (κ2) is 6.91. The first-order valence-corrected chi connectivity index (χ1v) is 9.90. The minimum Gasteiger partial charge on any atom is -0.322 e. The lowest BCUT2D eigenvalue weighted by molar-refractivity contribution is 0.102. The standard InChI is InChI=1S/C24H16N2OS/c27-24(25-18-10-11-23-17(14-18)12-13-28-23)20-15-22(16-6-2-1-3-7-16)26-21-9-5-4-8-19(20)21/h1-15H,(H,25,27). The third kappa shape index (κ3) is 3.04. The second-order valence-electron chi connectivity index (χ2n) is 6.57. The zero-order chi connectivity index (χ0) is 18.9. The number of para-hydroxylation sites is 1. The van der Waals surface area contributed by atoms with Gasteiger partial charge in [0, 0.05) is 21.3 Å². The van der Waals surface area contributed by atoms with Gasteiger partial charge in [0.2, 0.25) is 0 Å². The highest BCUT2D eigenvalue weighted by Gasteiger charge is 2.14. The predicted molar refractivity (Wildman–Crippen MR) is 117 cm³/mol. The van der Waals surface area contributed by atoms with E-state index in [9.17, 15) is 4.79 Å². The molecule has 0 atom stereocenters. The molecule has 5 aromatic rings. The van der Waals surface area contributed by atoms with Crippen LogP contribution in [0.25, 0.3) is 32.2 Å². The van der Waals surface area contributed by atoms with Crippen molar-refractivity contribution in [2.24, 2.45) is 0 Å². The summed E-state index contributed by atoms with van der Waals surface area (Å²) < 4.78 is 1.21. The van der Waals surface area contributed by atoms with Crippen LogP contribution in [0.3, 0.4) is 0 Å². The van der Waals surface area contributed by atoms with Gasteiger partial charge in [0.05, 0.1) is 16.8 Å². The molecule has 2 aromatic heterocycles. The third-order valence-corrected chi connectivity index (χ3v) is 5.64.